The van der Waals surface area contributed by atoms with Gasteiger partial charge in [-0.3, -0.25) is 14.9 Å². The van der Waals surface area contributed by atoms with Gasteiger partial charge in [-0.05, 0) is 12.5 Å². The van der Waals surface area contributed by atoms with Crippen LogP contribution in [0.3, 0.4) is 0 Å². The van der Waals surface area contributed by atoms with Gasteiger partial charge in [-0.1, -0.05) is 25.1 Å². The Bertz CT molecular complexity index is 722. The second-order valence-electron chi connectivity index (χ2n) is 4.71. The van der Waals surface area contributed by atoms with Crippen molar-refractivity contribution in [2.24, 2.45) is 5.73 Å². The Morgan fingerprint density at radius 3 is 2.67 bits per heavy atom. The number of aromatic nitrogens is 1. The van der Waals surface area contributed by atoms with E-state index in [2.05, 4.69) is 0 Å². The molecular weight excluding hydrogens is 270 g/mol. The normalized spacial score (nSPS) is 10.6. The first-order valence-corrected chi connectivity index (χ1v) is 6.76. The fourth-order valence-corrected chi connectivity index (χ4v) is 2.26. The summed E-state index contributed by atoms with van der Waals surface area (Å²) in [6.07, 6.45) is 0.788. The molecule has 21 heavy (non-hydrogen) atoms. The predicted molar refractivity (Wildman–Crippen MR) is 81.0 cm³/mol. The van der Waals surface area contributed by atoms with Gasteiger partial charge in [0.1, 0.15) is 0 Å². The summed E-state index contributed by atoms with van der Waals surface area (Å²) >= 11 is 0. The second kappa shape index (κ2) is 6.32. The monoisotopic (exact) mass is 287 g/mol. The smallest absolute Gasteiger partial charge is 0.270 e. The van der Waals surface area contributed by atoms with Gasteiger partial charge in [-0.15, -0.1) is 0 Å². The summed E-state index contributed by atoms with van der Waals surface area (Å²) in [6, 6.07) is 9.76. The van der Waals surface area contributed by atoms with E-state index in [9.17, 15) is 14.9 Å². The van der Waals surface area contributed by atoms with Crippen molar-refractivity contribution in [3.8, 4) is 11.3 Å². The first kappa shape index (κ1) is 14.9. The van der Waals surface area contributed by atoms with Crippen LogP contribution in [-0.4, -0.2) is 9.49 Å². The maximum absolute atomic E-state index is 12.4. The summed E-state index contributed by atoms with van der Waals surface area (Å²) in [5.41, 5.74) is 7.30. The maximum atomic E-state index is 12.4. The number of non-ortho nitro benzene ring substituents is 1. The lowest BCUT2D eigenvalue weighted by molar-refractivity contribution is -0.384. The Kier molecular flexibility index (Phi) is 4.49. The maximum Gasteiger partial charge on any atom is 0.270 e. The third-order valence-electron chi connectivity index (χ3n) is 3.27. The molecule has 2 N–H and O–H groups in total. The molecule has 1 heterocycles. The highest BCUT2D eigenvalue weighted by Crippen LogP contribution is 2.23. The SMILES string of the molecule is CCCn1c(-c2cccc([N+](=O)[O-])c2)ccc(CN)c1=O. The van der Waals surface area contributed by atoms with Crippen molar-refractivity contribution in [3.05, 3.63) is 62.4 Å². The molecule has 0 atom stereocenters. The van der Waals surface area contributed by atoms with E-state index in [1.165, 1.54) is 12.1 Å². The molecule has 0 saturated heterocycles. The molecular formula is C15H17N3O3. The van der Waals surface area contributed by atoms with E-state index in [4.69, 9.17) is 5.73 Å². The average Bonchev–Trinajstić information content (AvgIpc) is 2.49. The van der Waals surface area contributed by atoms with Crippen LogP contribution in [0.2, 0.25) is 0 Å². The highest BCUT2D eigenvalue weighted by atomic mass is 16.6. The predicted octanol–water partition coefficient (Wildman–Crippen LogP) is 2.29. The van der Waals surface area contributed by atoms with Crippen molar-refractivity contribution < 1.29 is 4.92 Å². The molecule has 0 aliphatic heterocycles. The number of nitrogens with zero attached hydrogens (tertiary/aromatic N) is 2. The number of nitro groups is 1. The zero-order valence-corrected chi connectivity index (χ0v) is 11.8. The largest absolute Gasteiger partial charge is 0.326 e. The van der Waals surface area contributed by atoms with Crippen molar-refractivity contribution in [1.82, 2.24) is 4.57 Å². The van der Waals surface area contributed by atoms with Gasteiger partial charge in [-0.25, -0.2) is 0 Å². The quantitative estimate of drug-likeness (QED) is 0.674. The van der Waals surface area contributed by atoms with Crippen LogP contribution in [0.15, 0.2) is 41.2 Å². The van der Waals surface area contributed by atoms with Gasteiger partial charge in [0.25, 0.3) is 11.2 Å². The van der Waals surface area contributed by atoms with Gasteiger partial charge in [0.15, 0.2) is 0 Å². The summed E-state index contributed by atoms with van der Waals surface area (Å²) in [5.74, 6) is 0. The van der Waals surface area contributed by atoms with Crippen molar-refractivity contribution in [2.45, 2.75) is 26.4 Å². The third-order valence-corrected chi connectivity index (χ3v) is 3.27. The summed E-state index contributed by atoms with van der Waals surface area (Å²) in [5, 5.41) is 10.9. The fourth-order valence-electron chi connectivity index (χ4n) is 2.26. The van der Waals surface area contributed by atoms with E-state index in [0.717, 1.165) is 6.42 Å². The minimum absolute atomic E-state index is 0.00546. The van der Waals surface area contributed by atoms with E-state index in [0.29, 0.717) is 23.4 Å². The van der Waals surface area contributed by atoms with Crippen LogP contribution in [0.25, 0.3) is 11.3 Å². The number of hydrogen-bond acceptors (Lipinski definition) is 4. The minimum Gasteiger partial charge on any atom is -0.326 e. The Morgan fingerprint density at radius 1 is 1.29 bits per heavy atom. The van der Waals surface area contributed by atoms with Crippen LogP contribution < -0.4 is 11.3 Å². The number of nitro benzene ring substituents is 1. The summed E-state index contributed by atoms with van der Waals surface area (Å²) in [6.45, 7) is 2.70. The molecule has 0 fully saturated rings. The molecule has 1 aromatic carbocycles. The van der Waals surface area contributed by atoms with Crippen LogP contribution in [0, 0.1) is 10.1 Å². The fraction of sp³-hybridized carbons (Fsp3) is 0.267. The lowest BCUT2D eigenvalue weighted by Gasteiger charge is -2.13. The lowest BCUT2D eigenvalue weighted by Crippen LogP contribution is -2.26. The van der Waals surface area contributed by atoms with Crippen LogP contribution in [-0.2, 0) is 13.1 Å². The molecule has 0 unspecified atom stereocenters. The Balaban J connectivity index is 2.63. The summed E-state index contributed by atoms with van der Waals surface area (Å²) in [7, 11) is 0. The van der Waals surface area contributed by atoms with E-state index >= 15 is 0 Å². The van der Waals surface area contributed by atoms with Gasteiger partial charge in [0.2, 0.25) is 0 Å². The summed E-state index contributed by atoms with van der Waals surface area (Å²) in [4.78, 5) is 22.8. The molecule has 0 aliphatic rings. The van der Waals surface area contributed by atoms with Gasteiger partial charge in [0.05, 0.1) is 10.6 Å². The Morgan fingerprint density at radius 2 is 2.05 bits per heavy atom. The zero-order chi connectivity index (χ0) is 15.4. The molecule has 0 radical (unpaired) electrons. The molecule has 0 amide bonds. The second-order valence-corrected chi connectivity index (χ2v) is 4.71. The molecule has 2 rings (SSSR count). The van der Waals surface area contributed by atoms with E-state index < -0.39 is 4.92 Å². The molecule has 1 aromatic heterocycles. The van der Waals surface area contributed by atoms with Crippen LogP contribution in [0.1, 0.15) is 18.9 Å². The van der Waals surface area contributed by atoms with Crippen molar-refractivity contribution in [3.63, 3.8) is 0 Å². The Labute approximate surface area is 122 Å². The van der Waals surface area contributed by atoms with Gasteiger partial charge >= 0.3 is 0 Å². The average molecular weight is 287 g/mol. The molecule has 2 aromatic rings. The third kappa shape index (κ3) is 3.00. The standard InChI is InChI=1S/C15H17N3O3/c1-2-8-17-14(7-6-12(10-16)15(17)19)11-4-3-5-13(9-11)18(20)21/h3-7,9H,2,8,10,16H2,1H3. The lowest BCUT2D eigenvalue weighted by atomic mass is 10.1. The molecule has 6 nitrogen and oxygen atoms in total. The molecule has 0 aliphatic carbocycles. The first-order chi connectivity index (χ1) is 10.1. The number of rotatable bonds is 5. The van der Waals surface area contributed by atoms with Crippen LogP contribution >= 0.6 is 0 Å². The minimum atomic E-state index is -0.444. The van der Waals surface area contributed by atoms with Crippen molar-refractivity contribution in [1.29, 1.82) is 0 Å². The number of nitrogens with two attached hydrogens (primary N) is 1. The van der Waals surface area contributed by atoms with Crippen molar-refractivity contribution in [2.75, 3.05) is 0 Å². The van der Waals surface area contributed by atoms with E-state index in [1.54, 1.807) is 28.8 Å². The number of benzene rings is 1. The van der Waals surface area contributed by atoms with Gasteiger partial charge < -0.3 is 10.3 Å². The topological polar surface area (TPSA) is 91.2 Å². The molecule has 0 spiro atoms. The van der Waals surface area contributed by atoms with Gasteiger partial charge in [0, 0.05) is 36.3 Å². The molecule has 110 valence electrons. The summed E-state index contributed by atoms with van der Waals surface area (Å²) < 4.78 is 1.63. The van der Waals surface area contributed by atoms with Crippen molar-refractivity contribution >= 4 is 5.69 Å². The van der Waals surface area contributed by atoms with Crippen LogP contribution in [0.4, 0.5) is 5.69 Å². The zero-order valence-electron chi connectivity index (χ0n) is 11.8. The van der Waals surface area contributed by atoms with E-state index in [-0.39, 0.29) is 17.8 Å². The highest BCUT2D eigenvalue weighted by molar-refractivity contribution is 5.63. The van der Waals surface area contributed by atoms with Gasteiger partial charge in [-0.2, -0.15) is 0 Å². The Hall–Kier alpha value is -2.47. The first-order valence-electron chi connectivity index (χ1n) is 6.76. The number of pyridine rings is 1. The molecule has 6 heteroatoms. The van der Waals surface area contributed by atoms with Crippen LogP contribution in [0.5, 0.6) is 0 Å². The number of hydrogen-bond donors (Lipinski definition) is 1. The van der Waals surface area contributed by atoms with E-state index in [1.807, 2.05) is 6.92 Å². The highest BCUT2D eigenvalue weighted by Gasteiger charge is 2.12. The molecule has 0 bridgehead atoms. The molecule has 0 saturated carbocycles.